The molecular weight excluding hydrogens is 481 g/mol. The standard InChI is InChI=1S/C28H29Cl2N3O2/c1-32-12-14-33(15-13-32)26(34)25(17-19-6-7-20-4-2-3-5-21(20)16-19)31-27(35)28(10-11-28)23-9-8-22(29)18-24(23)30/h2-9,16,18,25H,10-15,17H2,1H3,(H,31,35). The molecule has 5 rings (SSSR count). The summed E-state index contributed by atoms with van der Waals surface area (Å²) < 4.78 is 0. The molecule has 1 heterocycles. The van der Waals surface area contributed by atoms with Gasteiger partial charge in [0.05, 0.1) is 5.41 Å². The number of nitrogens with zero attached hydrogens (tertiary/aromatic N) is 2. The predicted octanol–water partition coefficient (Wildman–Crippen LogP) is 4.68. The smallest absolute Gasteiger partial charge is 0.245 e. The molecule has 1 unspecified atom stereocenters. The Labute approximate surface area is 216 Å². The number of rotatable bonds is 6. The van der Waals surface area contributed by atoms with Crippen LogP contribution in [0.25, 0.3) is 10.8 Å². The predicted molar refractivity (Wildman–Crippen MR) is 141 cm³/mol. The van der Waals surface area contributed by atoms with Crippen molar-refractivity contribution in [3.63, 3.8) is 0 Å². The number of hydrogen-bond donors (Lipinski definition) is 1. The maximum atomic E-state index is 13.7. The average molecular weight is 510 g/mol. The van der Waals surface area contributed by atoms with Gasteiger partial charge in [-0.1, -0.05) is 71.7 Å². The summed E-state index contributed by atoms with van der Waals surface area (Å²) in [4.78, 5) is 31.4. The van der Waals surface area contributed by atoms with E-state index in [9.17, 15) is 9.59 Å². The Balaban J connectivity index is 1.41. The maximum absolute atomic E-state index is 13.7. The Morgan fingerprint density at radius 1 is 0.943 bits per heavy atom. The molecule has 1 aliphatic carbocycles. The van der Waals surface area contributed by atoms with Gasteiger partial charge in [-0.05, 0) is 53.9 Å². The Hall–Kier alpha value is -2.60. The van der Waals surface area contributed by atoms with Crippen LogP contribution in [-0.4, -0.2) is 60.9 Å². The van der Waals surface area contributed by atoms with E-state index < -0.39 is 11.5 Å². The van der Waals surface area contributed by atoms with Gasteiger partial charge in [0.25, 0.3) is 0 Å². The van der Waals surface area contributed by atoms with Crippen LogP contribution < -0.4 is 5.32 Å². The molecule has 1 saturated heterocycles. The zero-order valence-electron chi connectivity index (χ0n) is 19.8. The van der Waals surface area contributed by atoms with E-state index in [0.29, 0.717) is 42.4 Å². The maximum Gasteiger partial charge on any atom is 0.245 e. The molecule has 3 aromatic carbocycles. The van der Waals surface area contributed by atoms with Crippen LogP contribution in [0.15, 0.2) is 60.7 Å². The SMILES string of the molecule is CN1CCN(C(=O)C(Cc2ccc3ccccc3c2)NC(=O)C2(c3ccc(Cl)cc3Cl)CC2)CC1. The molecule has 2 aliphatic rings. The van der Waals surface area contributed by atoms with Crippen molar-refractivity contribution >= 4 is 45.8 Å². The van der Waals surface area contributed by atoms with Gasteiger partial charge in [-0.25, -0.2) is 0 Å². The van der Waals surface area contributed by atoms with E-state index in [4.69, 9.17) is 23.2 Å². The van der Waals surface area contributed by atoms with Crippen molar-refractivity contribution in [3.05, 3.63) is 81.8 Å². The highest BCUT2D eigenvalue weighted by molar-refractivity contribution is 6.35. The minimum absolute atomic E-state index is 0.0300. The number of benzene rings is 3. The molecule has 7 heteroatoms. The van der Waals surface area contributed by atoms with Gasteiger partial charge in [-0.2, -0.15) is 0 Å². The van der Waals surface area contributed by atoms with Gasteiger partial charge < -0.3 is 15.1 Å². The van der Waals surface area contributed by atoms with Crippen molar-refractivity contribution in [2.75, 3.05) is 33.2 Å². The highest BCUT2D eigenvalue weighted by Crippen LogP contribution is 2.51. The molecule has 0 radical (unpaired) electrons. The van der Waals surface area contributed by atoms with E-state index in [1.54, 1.807) is 12.1 Å². The first-order chi connectivity index (χ1) is 16.9. The number of carbonyl (C=O) groups excluding carboxylic acids is 2. The van der Waals surface area contributed by atoms with Crippen molar-refractivity contribution in [3.8, 4) is 0 Å². The van der Waals surface area contributed by atoms with Crippen molar-refractivity contribution < 1.29 is 9.59 Å². The highest BCUT2D eigenvalue weighted by atomic mass is 35.5. The third-order valence-electron chi connectivity index (χ3n) is 7.30. The lowest BCUT2D eigenvalue weighted by Gasteiger charge is -2.35. The minimum atomic E-state index is -0.703. The van der Waals surface area contributed by atoms with E-state index in [1.807, 2.05) is 29.2 Å². The molecule has 5 nitrogen and oxygen atoms in total. The van der Waals surface area contributed by atoms with Crippen molar-refractivity contribution in [2.45, 2.75) is 30.7 Å². The number of piperazine rings is 1. The van der Waals surface area contributed by atoms with Gasteiger partial charge in [0.1, 0.15) is 6.04 Å². The summed E-state index contributed by atoms with van der Waals surface area (Å²) in [5.74, 6) is -0.174. The van der Waals surface area contributed by atoms with Crippen LogP contribution in [-0.2, 0) is 21.4 Å². The van der Waals surface area contributed by atoms with E-state index in [0.717, 1.165) is 35.0 Å². The van der Waals surface area contributed by atoms with Gasteiger partial charge in [0.2, 0.25) is 11.8 Å². The Morgan fingerprint density at radius 2 is 1.66 bits per heavy atom. The van der Waals surface area contributed by atoms with Gasteiger partial charge in [-0.15, -0.1) is 0 Å². The fraction of sp³-hybridized carbons (Fsp3) is 0.357. The lowest BCUT2D eigenvalue weighted by atomic mass is 9.93. The normalized spacial score (nSPS) is 18.3. The van der Waals surface area contributed by atoms with E-state index in [-0.39, 0.29) is 11.8 Å². The quantitative estimate of drug-likeness (QED) is 0.524. The first kappa shape index (κ1) is 24.1. The second-order valence-corrected chi connectivity index (χ2v) is 10.6. The lowest BCUT2D eigenvalue weighted by Crippen LogP contribution is -2.56. The second kappa shape index (κ2) is 9.81. The van der Waals surface area contributed by atoms with Gasteiger partial charge in [0.15, 0.2) is 0 Å². The number of likely N-dealkylation sites (N-methyl/N-ethyl adjacent to an activating group) is 1. The molecule has 2 fully saturated rings. The second-order valence-electron chi connectivity index (χ2n) is 9.75. The van der Waals surface area contributed by atoms with Crippen molar-refractivity contribution in [1.82, 2.24) is 15.1 Å². The number of amides is 2. The molecule has 182 valence electrons. The van der Waals surface area contributed by atoms with Crippen LogP contribution in [0.2, 0.25) is 10.0 Å². The third-order valence-corrected chi connectivity index (χ3v) is 7.85. The zero-order chi connectivity index (χ0) is 24.6. The molecule has 3 aromatic rings. The summed E-state index contributed by atoms with van der Waals surface area (Å²) in [5.41, 5.74) is 1.09. The summed E-state index contributed by atoms with van der Waals surface area (Å²) in [5, 5.41) is 6.42. The van der Waals surface area contributed by atoms with Crippen LogP contribution in [0.1, 0.15) is 24.0 Å². The van der Waals surface area contributed by atoms with Crippen LogP contribution in [0.3, 0.4) is 0 Å². The first-order valence-electron chi connectivity index (χ1n) is 12.1. The number of carbonyl (C=O) groups is 2. The molecule has 0 spiro atoms. The molecule has 0 aromatic heterocycles. The Bertz CT molecular complexity index is 1270. The highest BCUT2D eigenvalue weighted by Gasteiger charge is 2.53. The monoisotopic (exact) mass is 509 g/mol. The van der Waals surface area contributed by atoms with E-state index in [1.165, 1.54) is 0 Å². The van der Waals surface area contributed by atoms with Gasteiger partial charge >= 0.3 is 0 Å². The molecule has 1 N–H and O–H groups in total. The number of halogens is 2. The fourth-order valence-electron chi connectivity index (χ4n) is 4.97. The van der Waals surface area contributed by atoms with Crippen LogP contribution in [0, 0.1) is 0 Å². The Morgan fingerprint density at radius 3 is 2.34 bits per heavy atom. The van der Waals surface area contributed by atoms with Crippen molar-refractivity contribution in [2.24, 2.45) is 0 Å². The summed E-state index contributed by atoms with van der Waals surface area (Å²) in [6.45, 7) is 2.97. The lowest BCUT2D eigenvalue weighted by molar-refractivity contribution is -0.138. The molecule has 1 aliphatic heterocycles. The molecule has 1 saturated carbocycles. The summed E-state index contributed by atoms with van der Waals surface area (Å²) in [7, 11) is 2.06. The molecular formula is C28H29Cl2N3O2. The topological polar surface area (TPSA) is 52.6 Å². The van der Waals surface area contributed by atoms with Crippen LogP contribution >= 0.6 is 23.2 Å². The molecule has 35 heavy (non-hydrogen) atoms. The zero-order valence-corrected chi connectivity index (χ0v) is 21.3. The number of fused-ring (bicyclic) bond motifs is 1. The first-order valence-corrected chi connectivity index (χ1v) is 12.8. The number of nitrogens with one attached hydrogen (secondary N) is 1. The Kier molecular flexibility index (Phi) is 6.75. The van der Waals surface area contributed by atoms with Crippen LogP contribution in [0.4, 0.5) is 0 Å². The number of hydrogen-bond acceptors (Lipinski definition) is 3. The van der Waals surface area contributed by atoms with Crippen molar-refractivity contribution in [1.29, 1.82) is 0 Å². The van der Waals surface area contributed by atoms with Gasteiger partial charge in [0, 0.05) is 42.6 Å². The van der Waals surface area contributed by atoms with E-state index >= 15 is 0 Å². The van der Waals surface area contributed by atoms with E-state index in [2.05, 4.69) is 41.5 Å². The summed E-state index contributed by atoms with van der Waals surface area (Å²) in [6, 6.07) is 19.0. The third kappa shape index (κ3) is 5.04. The van der Waals surface area contributed by atoms with Gasteiger partial charge in [-0.3, -0.25) is 9.59 Å². The molecule has 2 amide bonds. The summed E-state index contributed by atoms with van der Waals surface area (Å²) >= 11 is 12.6. The minimum Gasteiger partial charge on any atom is -0.343 e. The molecule has 0 bridgehead atoms. The van der Waals surface area contributed by atoms with Crippen LogP contribution in [0.5, 0.6) is 0 Å². The molecule has 1 atom stereocenters. The largest absolute Gasteiger partial charge is 0.343 e. The fourth-order valence-corrected chi connectivity index (χ4v) is 5.56. The summed E-state index contributed by atoms with van der Waals surface area (Å²) in [6.07, 6.45) is 1.84. The average Bonchev–Trinajstić information content (AvgIpc) is 3.65.